The van der Waals surface area contributed by atoms with Gasteiger partial charge in [-0.05, 0) is 61.9 Å². The zero-order valence-corrected chi connectivity index (χ0v) is 20.2. The minimum Gasteiger partial charge on any atom is -0.350 e. The largest absolute Gasteiger partial charge is 0.350 e. The molecule has 0 aliphatic heterocycles. The van der Waals surface area contributed by atoms with E-state index in [1.807, 2.05) is 48.9 Å². The molecule has 0 bridgehead atoms. The van der Waals surface area contributed by atoms with Crippen molar-refractivity contribution in [3.05, 3.63) is 108 Å². The highest BCUT2D eigenvalue weighted by Crippen LogP contribution is 2.24. The maximum absolute atomic E-state index is 13.4. The van der Waals surface area contributed by atoms with Gasteiger partial charge in [-0.3, -0.25) is 9.10 Å². The number of para-hydroxylation sites is 1. The average Bonchev–Trinajstić information content (AvgIpc) is 3.28. The molecule has 1 aromatic heterocycles. The van der Waals surface area contributed by atoms with Crippen molar-refractivity contribution in [1.82, 2.24) is 14.9 Å². The molecule has 0 fully saturated rings. The second-order valence-corrected chi connectivity index (χ2v) is 9.91. The zero-order valence-electron chi connectivity index (χ0n) is 19.3. The van der Waals surface area contributed by atoms with Crippen molar-refractivity contribution < 1.29 is 17.6 Å². The second kappa shape index (κ2) is 10.1. The molecule has 0 atom stereocenters. The highest BCUT2D eigenvalue weighted by Gasteiger charge is 2.27. The molecule has 1 amide bonds. The summed E-state index contributed by atoms with van der Waals surface area (Å²) in [5.74, 6) is -0.219. The fourth-order valence-corrected chi connectivity index (χ4v) is 5.09. The molecule has 1 heterocycles. The number of sulfonamides is 1. The molecule has 0 saturated carbocycles. The molecule has 7 nitrogen and oxygen atoms in total. The van der Waals surface area contributed by atoms with E-state index in [4.69, 9.17) is 0 Å². The number of amides is 1. The Hall–Kier alpha value is -3.98. The molecule has 1 N–H and O–H groups in total. The minimum absolute atomic E-state index is 0.104. The van der Waals surface area contributed by atoms with Gasteiger partial charge in [-0.2, -0.15) is 0 Å². The monoisotopic (exact) mass is 492 g/mol. The zero-order chi connectivity index (χ0) is 25.0. The van der Waals surface area contributed by atoms with Crippen LogP contribution in [0.4, 0.5) is 10.1 Å². The molecule has 0 radical (unpaired) electrons. The van der Waals surface area contributed by atoms with Crippen LogP contribution in [0, 0.1) is 19.7 Å². The average molecular weight is 493 g/mol. The number of hydrogen-bond donors (Lipinski definition) is 1. The lowest BCUT2D eigenvalue weighted by molar-refractivity contribution is -0.119. The third-order valence-electron chi connectivity index (χ3n) is 5.56. The molecule has 180 valence electrons. The van der Waals surface area contributed by atoms with Gasteiger partial charge in [-0.15, -0.1) is 0 Å². The van der Waals surface area contributed by atoms with Crippen LogP contribution in [0.5, 0.6) is 0 Å². The van der Waals surface area contributed by atoms with Gasteiger partial charge >= 0.3 is 0 Å². The Morgan fingerprint density at radius 2 is 1.69 bits per heavy atom. The van der Waals surface area contributed by atoms with Crippen LogP contribution in [-0.2, 0) is 21.4 Å². The van der Waals surface area contributed by atoms with E-state index in [2.05, 4.69) is 10.3 Å². The third kappa shape index (κ3) is 5.41. The fourth-order valence-electron chi connectivity index (χ4n) is 3.67. The predicted octanol–water partition coefficient (Wildman–Crippen LogP) is 4.14. The summed E-state index contributed by atoms with van der Waals surface area (Å²) in [6.45, 7) is 3.53. The van der Waals surface area contributed by atoms with E-state index in [1.54, 1.807) is 30.5 Å². The number of nitrogens with zero attached hydrogens (tertiary/aromatic N) is 3. The van der Waals surface area contributed by atoms with Crippen LogP contribution in [0.15, 0.2) is 90.1 Å². The Bertz CT molecular complexity index is 1430. The molecule has 35 heavy (non-hydrogen) atoms. The predicted molar refractivity (Wildman–Crippen MR) is 132 cm³/mol. The summed E-state index contributed by atoms with van der Waals surface area (Å²) in [4.78, 5) is 17.1. The number of aryl methyl sites for hydroxylation is 2. The number of carbonyl (C=O) groups is 1. The summed E-state index contributed by atoms with van der Waals surface area (Å²) in [7, 11) is -4.12. The van der Waals surface area contributed by atoms with Gasteiger partial charge in [0.05, 0.1) is 16.3 Å². The van der Waals surface area contributed by atoms with Crippen LogP contribution in [0.2, 0.25) is 0 Å². The van der Waals surface area contributed by atoms with Gasteiger partial charge in [0.15, 0.2) is 0 Å². The lowest BCUT2D eigenvalue weighted by Gasteiger charge is -2.24. The Morgan fingerprint density at radius 3 is 2.34 bits per heavy atom. The highest BCUT2D eigenvalue weighted by molar-refractivity contribution is 7.92. The molecular formula is C26H25FN4O3S. The summed E-state index contributed by atoms with van der Waals surface area (Å²) in [5.41, 5.74) is 3.01. The summed E-state index contributed by atoms with van der Waals surface area (Å²) in [6, 6.07) is 18.9. The number of anilines is 1. The van der Waals surface area contributed by atoms with Crippen LogP contribution in [0.1, 0.15) is 17.0 Å². The van der Waals surface area contributed by atoms with E-state index < -0.39 is 28.3 Å². The van der Waals surface area contributed by atoms with Gasteiger partial charge in [-0.25, -0.2) is 17.8 Å². The van der Waals surface area contributed by atoms with Gasteiger partial charge < -0.3 is 9.88 Å². The van der Waals surface area contributed by atoms with Gasteiger partial charge in [0, 0.05) is 18.9 Å². The van der Waals surface area contributed by atoms with E-state index >= 15 is 0 Å². The van der Waals surface area contributed by atoms with Gasteiger partial charge in [0.2, 0.25) is 5.91 Å². The van der Waals surface area contributed by atoms with Gasteiger partial charge in [0.25, 0.3) is 10.0 Å². The van der Waals surface area contributed by atoms with E-state index in [0.29, 0.717) is 5.69 Å². The highest BCUT2D eigenvalue weighted by atomic mass is 32.2. The van der Waals surface area contributed by atoms with Crippen LogP contribution < -0.4 is 9.62 Å². The SMILES string of the molecule is Cc1ccc(N(CC(=O)NCc2ccccc2-n2ccnc2C)S(=O)(=O)c2ccc(F)cc2)cc1. The number of nitrogens with one attached hydrogen (secondary N) is 1. The number of carbonyl (C=O) groups excluding carboxylic acids is 1. The van der Waals surface area contributed by atoms with Crippen molar-refractivity contribution in [1.29, 1.82) is 0 Å². The Balaban J connectivity index is 1.58. The lowest BCUT2D eigenvalue weighted by Crippen LogP contribution is -2.40. The Kier molecular flexibility index (Phi) is 6.97. The fraction of sp³-hybridized carbons (Fsp3) is 0.154. The number of benzene rings is 3. The molecule has 0 aliphatic carbocycles. The Morgan fingerprint density at radius 1 is 1.00 bits per heavy atom. The number of aromatic nitrogens is 2. The maximum Gasteiger partial charge on any atom is 0.264 e. The summed E-state index contributed by atoms with van der Waals surface area (Å²) in [5, 5.41) is 2.83. The summed E-state index contributed by atoms with van der Waals surface area (Å²) in [6.07, 6.45) is 3.54. The molecule has 4 rings (SSSR count). The van der Waals surface area contributed by atoms with Gasteiger partial charge in [0.1, 0.15) is 18.2 Å². The first-order chi connectivity index (χ1) is 16.8. The lowest BCUT2D eigenvalue weighted by atomic mass is 10.1. The van der Waals surface area contributed by atoms with E-state index in [9.17, 15) is 17.6 Å². The van der Waals surface area contributed by atoms with E-state index in [-0.39, 0.29) is 11.4 Å². The van der Waals surface area contributed by atoms with Gasteiger partial charge in [-0.1, -0.05) is 35.9 Å². The first kappa shape index (κ1) is 24.2. The Labute approximate surface area is 203 Å². The van der Waals surface area contributed by atoms with Crippen molar-refractivity contribution >= 4 is 21.6 Å². The number of imidazole rings is 1. The number of hydrogen-bond acceptors (Lipinski definition) is 4. The molecule has 9 heteroatoms. The molecule has 0 spiro atoms. The normalized spacial score (nSPS) is 11.3. The van der Waals surface area contributed by atoms with Crippen molar-refractivity contribution in [3.8, 4) is 5.69 Å². The molecule has 0 aliphatic rings. The van der Waals surface area contributed by atoms with Crippen LogP contribution in [0.25, 0.3) is 5.69 Å². The molecule has 0 saturated heterocycles. The van der Waals surface area contributed by atoms with Crippen LogP contribution in [0.3, 0.4) is 0 Å². The smallest absolute Gasteiger partial charge is 0.264 e. The standard InChI is InChI=1S/C26H25FN4O3S/c1-19-7-11-23(12-8-19)31(35(33,34)24-13-9-22(27)10-14-24)18-26(32)29-17-21-5-3-4-6-25(21)30-16-15-28-20(30)2/h3-16H,17-18H2,1-2H3,(H,29,32). The van der Waals surface area contributed by atoms with Crippen LogP contribution >= 0.6 is 0 Å². The van der Waals surface area contributed by atoms with Crippen molar-refractivity contribution in [2.24, 2.45) is 0 Å². The molecular weight excluding hydrogens is 467 g/mol. The first-order valence-corrected chi connectivity index (χ1v) is 12.4. The number of rotatable bonds is 8. The molecule has 0 unspecified atom stereocenters. The summed E-state index contributed by atoms with van der Waals surface area (Å²) >= 11 is 0. The topological polar surface area (TPSA) is 84.3 Å². The van der Waals surface area contributed by atoms with Crippen molar-refractivity contribution in [3.63, 3.8) is 0 Å². The molecule has 4 aromatic rings. The van der Waals surface area contributed by atoms with Crippen molar-refractivity contribution in [2.45, 2.75) is 25.3 Å². The van der Waals surface area contributed by atoms with Crippen LogP contribution in [-0.4, -0.2) is 30.4 Å². The van der Waals surface area contributed by atoms with E-state index in [1.165, 1.54) is 12.1 Å². The van der Waals surface area contributed by atoms with E-state index in [0.717, 1.165) is 39.1 Å². The quantitative estimate of drug-likeness (QED) is 0.401. The first-order valence-electron chi connectivity index (χ1n) is 11.0. The third-order valence-corrected chi connectivity index (χ3v) is 7.35. The summed E-state index contributed by atoms with van der Waals surface area (Å²) < 4.78 is 43.1. The van der Waals surface area contributed by atoms with Crippen molar-refractivity contribution in [2.75, 3.05) is 10.8 Å². The second-order valence-electron chi connectivity index (χ2n) is 8.05. The minimum atomic E-state index is -4.12. The maximum atomic E-state index is 13.4. The molecule has 3 aromatic carbocycles. The number of halogens is 1.